The van der Waals surface area contributed by atoms with Crippen molar-refractivity contribution in [2.24, 2.45) is 5.73 Å². The van der Waals surface area contributed by atoms with Gasteiger partial charge in [0.15, 0.2) is 0 Å². The average molecular weight is 319 g/mol. The predicted molar refractivity (Wildman–Crippen MR) is 87.8 cm³/mol. The number of nitrogens with two attached hydrogens (primary N) is 1. The summed E-state index contributed by atoms with van der Waals surface area (Å²) >= 11 is 0. The first-order valence-corrected chi connectivity index (χ1v) is 7.96. The van der Waals surface area contributed by atoms with Crippen LogP contribution in [0.4, 0.5) is 0 Å². The molecule has 0 radical (unpaired) electrons. The van der Waals surface area contributed by atoms with Crippen LogP contribution >= 0.6 is 0 Å². The molecule has 4 N–H and O–H groups in total. The molecular formula is C17H25N3O3. The van der Waals surface area contributed by atoms with E-state index in [1.165, 1.54) is 0 Å². The Morgan fingerprint density at radius 2 is 2.09 bits per heavy atom. The zero-order valence-corrected chi connectivity index (χ0v) is 13.7. The second-order valence-electron chi connectivity index (χ2n) is 5.64. The van der Waals surface area contributed by atoms with E-state index in [9.17, 15) is 9.90 Å². The lowest BCUT2D eigenvalue weighted by molar-refractivity contribution is -0.138. The molecule has 0 bridgehead atoms. The van der Waals surface area contributed by atoms with Crippen LogP contribution < -0.4 is 11.2 Å². The minimum atomic E-state index is -0.504. The molecule has 0 aliphatic carbocycles. The summed E-state index contributed by atoms with van der Waals surface area (Å²) in [5.74, 6) is 0.0293. The molecule has 0 saturated carbocycles. The van der Waals surface area contributed by atoms with Gasteiger partial charge in [0, 0.05) is 6.04 Å². The monoisotopic (exact) mass is 319 g/mol. The lowest BCUT2D eigenvalue weighted by Gasteiger charge is -2.27. The van der Waals surface area contributed by atoms with Gasteiger partial charge in [-0.3, -0.25) is 5.01 Å². The van der Waals surface area contributed by atoms with Crippen LogP contribution in [0.2, 0.25) is 0 Å². The van der Waals surface area contributed by atoms with Crippen molar-refractivity contribution in [2.45, 2.75) is 38.8 Å². The van der Waals surface area contributed by atoms with E-state index in [0.717, 1.165) is 12.0 Å². The van der Waals surface area contributed by atoms with Crippen molar-refractivity contribution in [3.63, 3.8) is 0 Å². The Morgan fingerprint density at radius 3 is 2.74 bits per heavy atom. The van der Waals surface area contributed by atoms with Crippen LogP contribution in [0.15, 0.2) is 41.7 Å². The van der Waals surface area contributed by atoms with Gasteiger partial charge in [-0.15, -0.1) is 0 Å². The molecule has 23 heavy (non-hydrogen) atoms. The number of aliphatic hydroxyl groups is 1. The second kappa shape index (κ2) is 7.99. The van der Waals surface area contributed by atoms with Gasteiger partial charge in [0.25, 0.3) is 0 Å². The molecule has 1 aliphatic heterocycles. The summed E-state index contributed by atoms with van der Waals surface area (Å²) in [5, 5.41) is 12.0. The van der Waals surface area contributed by atoms with E-state index >= 15 is 0 Å². The molecule has 126 valence electrons. The van der Waals surface area contributed by atoms with E-state index in [1.807, 2.05) is 37.3 Å². The van der Waals surface area contributed by atoms with Gasteiger partial charge in [-0.2, -0.15) is 0 Å². The third-order valence-electron chi connectivity index (χ3n) is 4.00. The highest BCUT2D eigenvalue weighted by Gasteiger charge is 2.29. The van der Waals surface area contributed by atoms with Crippen LogP contribution in [-0.4, -0.2) is 35.3 Å². The number of esters is 1. The minimum Gasteiger partial charge on any atom is -0.462 e. The normalized spacial score (nSPS) is 17.3. The van der Waals surface area contributed by atoms with Crippen LogP contribution in [0, 0.1) is 0 Å². The number of ether oxygens (including phenoxy) is 1. The predicted octanol–water partition coefficient (Wildman–Crippen LogP) is 1.44. The molecule has 0 aromatic heterocycles. The molecule has 1 aromatic rings. The van der Waals surface area contributed by atoms with Crippen molar-refractivity contribution in [3.05, 3.63) is 47.3 Å². The minimum absolute atomic E-state index is 0.0558. The van der Waals surface area contributed by atoms with Crippen molar-refractivity contribution in [3.8, 4) is 0 Å². The number of rotatable bonds is 7. The highest BCUT2D eigenvalue weighted by Crippen LogP contribution is 2.22. The maximum Gasteiger partial charge on any atom is 0.339 e. The third-order valence-corrected chi connectivity index (χ3v) is 4.00. The number of nitrogens with one attached hydrogen (secondary N) is 1. The first-order chi connectivity index (χ1) is 11.0. The zero-order chi connectivity index (χ0) is 16.8. The van der Waals surface area contributed by atoms with Gasteiger partial charge in [0.2, 0.25) is 0 Å². The van der Waals surface area contributed by atoms with Crippen molar-refractivity contribution in [1.82, 2.24) is 10.4 Å². The highest BCUT2D eigenvalue weighted by atomic mass is 16.5. The lowest BCUT2D eigenvalue weighted by atomic mass is 10.0. The molecule has 1 heterocycles. The number of aliphatic hydroxyl groups excluding tert-OH is 1. The first-order valence-electron chi connectivity index (χ1n) is 7.96. The molecule has 6 nitrogen and oxygen atoms in total. The van der Waals surface area contributed by atoms with Gasteiger partial charge in [0.1, 0.15) is 5.82 Å². The molecule has 2 unspecified atom stereocenters. The Kier molecular flexibility index (Phi) is 6.01. The van der Waals surface area contributed by atoms with Crippen LogP contribution in [0.5, 0.6) is 0 Å². The van der Waals surface area contributed by atoms with Crippen LogP contribution in [0.3, 0.4) is 0 Å². The van der Waals surface area contributed by atoms with Crippen molar-refractivity contribution in [2.75, 3.05) is 13.2 Å². The van der Waals surface area contributed by atoms with Crippen molar-refractivity contribution >= 4 is 5.97 Å². The number of hydrazine groups is 1. The highest BCUT2D eigenvalue weighted by molar-refractivity contribution is 5.90. The Bertz CT molecular complexity index is 559. The number of hydrogen-bond acceptors (Lipinski definition) is 6. The van der Waals surface area contributed by atoms with E-state index in [0.29, 0.717) is 31.0 Å². The Morgan fingerprint density at radius 1 is 1.39 bits per heavy atom. The fourth-order valence-corrected chi connectivity index (χ4v) is 2.64. The van der Waals surface area contributed by atoms with Crippen LogP contribution in [0.1, 0.15) is 38.4 Å². The van der Waals surface area contributed by atoms with Gasteiger partial charge in [-0.05, 0) is 32.3 Å². The Hall–Kier alpha value is -2.05. The molecule has 1 aliphatic rings. The van der Waals surface area contributed by atoms with E-state index in [2.05, 4.69) is 5.43 Å². The standard InChI is InChI=1S/C17H25N3O3/c1-3-23-17(22)14-11-19-20(16(14)18)12(2)9-10-15(21)13-7-5-4-6-8-13/h4-8,12,15,19,21H,3,9-11,18H2,1-2H3. The molecule has 0 saturated heterocycles. The summed E-state index contributed by atoms with van der Waals surface area (Å²) in [6, 6.07) is 9.63. The number of nitrogens with zero attached hydrogens (tertiary/aromatic N) is 1. The summed E-state index contributed by atoms with van der Waals surface area (Å²) in [6.07, 6.45) is 0.849. The Balaban J connectivity index is 1.91. The average Bonchev–Trinajstić information content (AvgIpc) is 2.95. The third kappa shape index (κ3) is 4.24. The molecule has 0 amide bonds. The number of carbonyl (C=O) groups is 1. The molecular weight excluding hydrogens is 294 g/mol. The van der Waals surface area contributed by atoms with Gasteiger partial charge in [0.05, 0.1) is 24.8 Å². The van der Waals surface area contributed by atoms with Crippen LogP contribution in [-0.2, 0) is 9.53 Å². The summed E-state index contributed by atoms with van der Waals surface area (Å²) in [6.45, 7) is 4.47. The largest absolute Gasteiger partial charge is 0.462 e. The molecule has 0 fully saturated rings. The molecule has 6 heteroatoms. The zero-order valence-electron chi connectivity index (χ0n) is 13.7. The fourth-order valence-electron chi connectivity index (χ4n) is 2.64. The summed E-state index contributed by atoms with van der Waals surface area (Å²) < 4.78 is 5.00. The SMILES string of the molecule is CCOC(=O)C1=C(N)N(C(C)CCC(O)c2ccccc2)NC1. The van der Waals surface area contributed by atoms with E-state index in [-0.39, 0.29) is 12.0 Å². The second-order valence-corrected chi connectivity index (χ2v) is 5.64. The van der Waals surface area contributed by atoms with E-state index < -0.39 is 6.10 Å². The summed E-state index contributed by atoms with van der Waals surface area (Å²) in [4.78, 5) is 11.8. The molecule has 2 rings (SSSR count). The maximum atomic E-state index is 11.8. The molecule has 2 atom stereocenters. The van der Waals surface area contributed by atoms with E-state index in [1.54, 1.807) is 11.9 Å². The van der Waals surface area contributed by atoms with Gasteiger partial charge in [-0.1, -0.05) is 30.3 Å². The topological polar surface area (TPSA) is 87.8 Å². The number of benzene rings is 1. The first kappa shape index (κ1) is 17.3. The smallest absolute Gasteiger partial charge is 0.339 e. The quantitative estimate of drug-likeness (QED) is 0.659. The van der Waals surface area contributed by atoms with Crippen molar-refractivity contribution < 1.29 is 14.6 Å². The van der Waals surface area contributed by atoms with E-state index in [4.69, 9.17) is 10.5 Å². The molecule has 0 spiro atoms. The number of carbonyl (C=O) groups excluding carboxylic acids is 1. The van der Waals surface area contributed by atoms with Gasteiger partial charge < -0.3 is 15.6 Å². The summed E-state index contributed by atoms with van der Waals surface area (Å²) in [7, 11) is 0. The van der Waals surface area contributed by atoms with Gasteiger partial charge >= 0.3 is 5.97 Å². The summed E-state index contributed by atoms with van der Waals surface area (Å²) in [5.41, 5.74) is 10.5. The van der Waals surface area contributed by atoms with Crippen molar-refractivity contribution in [1.29, 1.82) is 0 Å². The number of hydrogen-bond donors (Lipinski definition) is 3. The maximum absolute atomic E-state index is 11.8. The Labute approximate surface area is 136 Å². The molecule has 1 aromatic carbocycles. The lowest BCUT2D eigenvalue weighted by Crippen LogP contribution is -2.41. The van der Waals surface area contributed by atoms with Gasteiger partial charge in [-0.25, -0.2) is 10.2 Å². The fraction of sp³-hybridized carbons (Fsp3) is 0.471. The van der Waals surface area contributed by atoms with Crippen LogP contribution in [0.25, 0.3) is 0 Å².